The fourth-order valence-corrected chi connectivity index (χ4v) is 3.80. The molecular weight excluding hydrogens is 456 g/mol. The Hall–Kier alpha value is -2.58. The van der Waals surface area contributed by atoms with Gasteiger partial charge in [0.1, 0.15) is 0 Å². The van der Waals surface area contributed by atoms with Crippen LogP contribution in [0.5, 0.6) is 17.2 Å². The van der Waals surface area contributed by atoms with E-state index in [4.69, 9.17) is 14.2 Å². The van der Waals surface area contributed by atoms with E-state index in [1.807, 2.05) is 41.8 Å². The maximum absolute atomic E-state index is 12.4. The van der Waals surface area contributed by atoms with Crippen LogP contribution in [0.2, 0.25) is 0 Å². The standard InChI is InChI=1S/C21H21BrN2O4S/c1-26-17-10-13(11-18(27-2)20(17)28-3)4-9-19(25)24-21-23-16(12-29-21)14-5-7-15(22)8-6-14/h5-8,10-12H,4,9H2,1-3H3,(H,23,24,25). The molecule has 1 amide bonds. The van der Waals surface area contributed by atoms with Crippen molar-refractivity contribution in [3.8, 4) is 28.5 Å². The van der Waals surface area contributed by atoms with Gasteiger partial charge in [0.25, 0.3) is 0 Å². The van der Waals surface area contributed by atoms with Crippen LogP contribution >= 0.6 is 27.3 Å². The number of halogens is 1. The number of anilines is 1. The number of aromatic nitrogens is 1. The Kier molecular flexibility index (Phi) is 7.11. The molecule has 0 aliphatic rings. The van der Waals surface area contributed by atoms with E-state index in [0.717, 1.165) is 21.3 Å². The second kappa shape index (κ2) is 9.76. The molecule has 0 radical (unpaired) electrons. The molecule has 0 unspecified atom stereocenters. The van der Waals surface area contributed by atoms with Gasteiger partial charge in [-0.1, -0.05) is 28.1 Å². The highest BCUT2D eigenvalue weighted by Crippen LogP contribution is 2.38. The summed E-state index contributed by atoms with van der Waals surface area (Å²) < 4.78 is 17.0. The van der Waals surface area contributed by atoms with Crippen LogP contribution in [0.15, 0.2) is 46.3 Å². The Morgan fingerprint density at radius 2 is 1.72 bits per heavy atom. The molecule has 152 valence electrons. The van der Waals surface area contributed by atoms with E-state index in [1.165, 1.54) is 11.3 Å². The van der Waals surface area contributed by atoms with Gasteiger partial charge in [-0.15, -0.1) is 11.3 Å². The van der Waals surface area contributed by atoms with E-state index in [-0.39, 0.29) is 5.91 Å². The van der Waals surface area contributed by atoms with Gasteiger partial charge < -0.3 is 19.5 Å². The summed E-state index contributed by atoms with van der Waals surface area (Å²) in [5.41, 5.74) is 2.76. The molecule has 29 heavy (non-hydrogen) atoms. The van der Waals surface area contributed by atoms with Crippen LogP contribution in [0.3, 0.4) is 0 Å². The van der Waals surface area contributed by atoms with Crippen molar-refractivity contribution in [1.82, 2.24) is 4.98 Å². The molecule has 1 heterocycles. The van der Waals surface area contributed by atoms with Gasteiger partial charge >= 0.3 is 0 Å². The first-order chi connectivity index (χ1) is 14.0. The molecule has 2 aromatic carbocycles. The minimum atomic E-state index is -0.101. The van der Waals surface area contributed by atoms with Crippen molar-refractivity contribution in [3.63, 3.8) is 0 Å². The number of nitrogens with one attached hydrogen (secondary N) is 1. The molecule has 0 aliphatic carbocycles. The Balaban J connectivity index is 1.62. The normalized spacial score (nSPS) is 10.5. The molecule has 0 spiro atoms. The summed E-state index contributed by atoms with van der Waals surface area (Å²) in [5.74, 6) is 1.57. The number of aryl methyl sites for hydroxylation is 1. The van der Waals surface area contributed by atoms with Crippen molar-refractivity contribution in [3.05, 3.63) is 51.8 Å². The zero-order valence-corrected chi connectivity index (χ0v) is 18.7. The third kappa shape index (κ3) is 5.27. The highest BCUT2D eigenvalue weighted by molar-refractivity contribution is 9.10. The number of hydrogen-bond donors (Lipinski definition) is 1. The summed E-state index contributed by atoms with van der Waals surface area (Å²) in [6, 6.07) is 11.6. The number of rotatable bonds is 8. The molecule has 0 bridgehead atoms. The number of hydrogen-bond acceptors (Lipinski definition) is 6. The molecular formula is C21H21BrN2O4S. The lowest BCUT2D eigenvalue weighted by Crippen LogP contribution is -2.12. The highest BCUT2D eigenvalue weighted by atomic mass is 79.9. The molecule has 3 aromatic rings. The number of methoxy groups -OCH3 is 3. The molecule has 6 nitrogen and oxygen atoms in total. The van der Waals surface area contributed by atoms with Crippen LogP contribution in [0.4, 0.5) is 5.13 Å². The van der Waals surface area contributed by atoms with Crippen LogP contribution in [0, 0.1) is 0 Å². The SMILES string of the molecule is COc1cc(CCC(=O)Nc2nc(-c3ccc(Br)cc3)cs2)cc(OC)c1OC. The lowest BCUT2D eigenvalue weighted by Gasteiger charge is -2.14. The van der Waals surface area contributed by atoms with Crippen LogP contribution in [0.1, 0.15) is 12.0 Å². The van der Waals surface area contributed by atoms with E-state index in [1.54, 1.807) is 21.3 Å². The van der Waals surface area contributed by atoms with Crippen molar-refractivity contribution in [1.29, 1.82) is 0 Å². The molecule has 0 aliphatic heterocycles. The first kappa shape index (κ1) is 21.1. The molecule has 8 heteroatoms. The summed E-state index contributed by atoms with van der Waals surface area (Å²) in [7, 11) is 4.70. The number of benzene rings is 2. The zero-order valence-electron chi connectivity index (χ0n) is 16.3. The Bertz CT molecular complexity index is 964. The largest absolute Gasteiger partial charge is 0.493 e. The maximum atomic E-state index is 12.4. The number of ether oxygens (including phenoxy) is 3. The molecule has 0 atom stereocenters. The third-order valence-corrected chi connectivity index (χ3v) is 5.54. The predicted octanol–water partition coefficient (Wildman–Crippen LogP) is 5.17. The maximum Gasteiger partial charge on any atom is 0.226 e. The summed E-state index contributed by atoms with van der Waals surface area (Å²) >= 11 is 4.83. The van der Waals surface area contributed by atoms with E-state index in [2.05, 4.69) is 26.2 Å². The van der Waals surface area contributed by atoms with Crippen LogP contribution in [-0.4, -0.2) is 32.2 Å². The quantitative estimate of drug-likeness (QED) is 0.485. The fourth-order valence-electron chi connectivity index (χ4n) is 2.80. The molecule has 1 N–H and O–H groups in total. The van der Waals surface area contributed by atoms with Crippen molar-refractivity contribution < 1.29 is 19.0 Å². The zero-order chi connectivity index (χ0) is 20.8. The molecule has 1 aromatic heterocycles. The van der Waals surface area contributed by atoms with Gasteiger partial charge in [-0.05, 0) is 36.2 Å². The second-order valence-electron chi connectivity index (χ2n) is 6.13. The van der Waals surface area contributed by atoms with Gasteiger partial charge in [-0.2, -0.15) is 0 Å². The van der Waals surface area contributed by atoms with Crippen molar-refractivity contribution in [2.45, 2.75) is 12.8 Å². The molecule has 0 fully saturated rings. The number of carbonyl (C=O) groups is 1. The average molecular weight is 477 g/mol. The number of carbonyl (C=O) groups excluding carboxylic acids is 1. The van der Waals surface area contributed by atoms with E-state index >= 15 is 0 Å². The minimum absolute atomic E-state index is 0.101. The molecule has 0 saturated carbocycles. The lowest BCUT2D eigenvalue weighted by atomic mass is 10.1. The van der Waals surface area contributed by atoms with Crippen LogP contribution in [0.25, 0.3) is 11.3 Å². The molecule has 0 saturated heterocycles. The van der Waals surface area contributed by atoms with Crippen LogP contribution < -0.4 is 19.5 Å². The van der Waals surface area contributed by atoms with E-state index in [9.17, 15) is 4.79 Å². The topological polar surface area (TPSA) is 69.7 Å². The number of thiazole rings is 1. The predicted molar refractivity (Wildman–Crippen MR) is 118 cm³/mol. The van der Waals surface area contributed by atoms with E-state index < -0.39 is 0 Å². The lowest BCUT2D eigenvalue weighted by molar-refractivity contribution is -0.116. The first-order valence-corrected chi connectivity index (χ1v) is 10.5. The number of nitrogens with zero attached hydrogens (tertiary/aromatic N) is 1. The van der Waals surface area contributed by atoms with Crippen LogP contribution in [-0.2, 0) is 11.2 Å². The van der Waals surface area contributed by atoms with Gasteiger partial charge in [0.05, 0.1) is 27.0 Å². The Morgan fingerprint density at radius 3 is 2.31 bits per heavy atom. The van der Waals surface area contributed by atoms with Gasteiger partial charge in [0.2, 0.25) is 11.7 Å². The second-order valence-corrected chi connectivity index (χ2v) is 7.90. The highest BCUT2D eigenvalue weighted by Gasteiger charge is 2.14. The summed E-state index contributed by atoms with van der Waals surface area (Å²) in [6.07, 6.45) is 0.847. The van der Waals surface area contributed by atoms with Gasteiger partial charge in [-0.3, -0.25) is 4.79 Å². The van der Waals surface area contributed by atoms with E-state index in [0.29, 0.717) is 35.2 Å². The summed E-state index contributed by atoms with van der Waals surface area (Å²) in [6.45, 7) is 0. The summed E-state index contributed by atoms with van der Waals surface area (Å²) in [4.78, 5) is 16.9. The fraction of sp³-hybridized carbons (Fsp3) is 0.238. The minimum Gasteiger partial charge on any atom is -0.493 e. The van der Waals surface area contributed by atoms with Gasteiger partial charge in [0.15, 0.2) is 16.6 Å². The van der Waals surface area contributed by atoms with Gasteiger partial charge in [-0.25, -0.2) is 4.98 Å². The monoisotopic (exact) mass is 476 g/mol. The average Bonchev–Trinajstić information content (AvgIpc) is 3.20. The Labute approximate surface area is 182 Å². The third-order valence-electron chi connectivity index (χ3n) is 4.26. The van der Waals surface area contributed by atoms with Gasteiger partial charge in [0, 0.05) is 21.8 Å². The van der Waals surface area contributed by atoms with Crippen molar-refractivity contribution in [2.75, 3.05) is 26.6 Å². The van der Waals surface area contributed by atoms with Crippen molar-refractivity contribution in [2.24, 2.45) is 0 Å². The number of amides is 1. The first-order valence-electron chi connectivity index (χ1n) is 8.84. The molecule has 3 rings (SSSR count). The Morgan fingerprint density at radius 1 is 1.07 bits per heavy atom. The smallest absolute Gasteiger partial charge is 0.226 e. The summed E-state index contributed by atoms with van der Waals surface area (Å²) in [5, 5.41) is 5.38. The van der Waals surface area contributed by atoms with Crippen molar-refractivity contribution >= 4 is 38.3 Å².